The number of carbonyl (C=O) groups is 1. The average molecular weight is 351 g/mol. The fourth-order valence-electron chi connectivity index (χ4n) is 2.20. The van der Waals surface area contributed by atoms with Crippen molar-refractivity contribution in [3.63, 3.8) is 0 Å². The van der Waals surface area contributed by atoms with Crippen LogP contribution in [-0.4, -0.2) is 34.8 Å². The predicted molar refractivity (Wildman–Crippen MR) is 96.8 cm³/mol. The van der Waals surface area contributed by atoms with Crippen molar-refractivity contribution in [1.82, 2.24) is 20.4 Å². The van der Waals surface area contributed by atoms with E-state index in [4.69, 9.17) is 0 Å². The fourth-order valence-corrected chi connectivity index (χ4v) is 2.20. The van der Waals surface area contributed by atoms with E-state index in [0.717, 1.165) is 12.1 Å². The van der Waals surface area contributed by atoms with Gasteiger partial charge in [-0.3, -0.25) is 9.59 Å². The lowest BCUT2D eigenvalue weighted by molar-refractivity contribution is 0.0942. The highest BCUT2D eigenvalue weighted by molar-refractivity contribution is 5.92. The smallest absolute Gasteiger partial charge is 0.271 e. The van der Waals surface area contributed by atoms with Gasteiger partial charge in [0.1, 0.15) is 5.69 Å². The van der Waals surface area contributed by atoms with Gasteiger partial charge in [-0.05, 0) is 25.1 Å². The van der Waals surface area contributed by atoms with Gasteiger partial charge in [0.25, 0.3) is 11.5 Å². The molecular weight excluding hydrogens is 328 g/mol. The van der Waals surface area contributed by atoms with Crippen molar-refractivity contribution in [3.05, 3.63) is 64.1 Å². The van der Waals surface area contributed by atoms with Gasteiger partial charge < -0.3 is 10.6 Å². The van der Waals surface area contributed by atoms with Crippen LogP contribution in [0.4, 0.5) is 0 Å². The first-order valence-corrected chi connectivity index (χ1v) is 7.74. The van der Waals surface area contributed by atoms with E-state index in [-0.39, 0.29) is 35.6 Å². The number of likely N-dealkylation sites (N-methyl/N-ethyl adjacent to an activating group) is 1. The van der Waals surface area contributed by atoms with Crippen LogP contribution in [0, 0.1) is 0 Å². The van der Waals surface area contributed by atoms with Crippen molar-refractivity contribution in [2.45, 2.75) is 26.4 Å². The van der Waals surface area contributed by atoms with Crippen LogP contribution in [0.2, 0.25) is 0 Å². The number of benzene rings is 1. The molecule has 1 aromatic heterocycles. The van der Waals surface area contributed by atoms with Crippen LogP contribution < -0.4 is 16.2 Å². The average Bonchev–Trinajstić information content (AvgIpc) is 2.56. The van der Waals surface area contributed by atoms with Gasteiger partial charge in [-0.1, -0.05) is 37.3 Å². The van der Waals surface area contributed by atoms with Crippen LogP contribution in [0.25, 0.3) is 0 Å². The zero-order chi connectivity index (χ0) is 16.7. The Balaban J connectivity index is 0.00000288. The second-order valence-electron chi connectivity index (χ2n) is 5.37. The summed E-state index contributed by atoms with van der Waals surface area (Å²) in [6.07, 6.45) is 0. The Bertz CT molecular complexity index is 703. The lowest BCUT2D eigenvalue weighted by atomic mass is 10.2. The number of amides is 1. The van der Waals surface area contributed by atoms with Crippen molar-refractivity contribution in [2.75, 3.05) is 13.1 Å². The standard InChI is InChI=1S/C17H22N4O2.ClH/c1-3-18-13(2)11-19-17(23)15-9-10-16(22)21(20-15)12-14-7-5-4-6-8-14;/h4-10,13,18H,3,11-12H2,1-2H3,(H,19,23);1H/t13-;/m1./s1. The highest BCUT2D eigenvalue weighted by Gasteiger charge is 2.11. The van der Waals surface area contributed by atoms with Crippen molar-refractivity contribution in [1.29, 1.82) is 0 Å². The molecular formula is C17H23ClN4O2. The Kier molecular flexibility index (Phi) is 8.15. The van der Waals surface area contributed by atoms with Crippen LogP contribution in [-0.2, 0) is 6.54 Å². The molecule has 0 saturated heterocycles. The maximum atomic E-state index is 12.2. The minimum Gasteiger partial charge on any atom is -0.349 e. The van der Waals surface area contributed by atoms with E-state index in [2.05, 4.69) is 15.7 Å². The van der Waals surface area contributed by atoms with E-state index in [0.29, 0.717) is 13.1 Å². The van der Waals surface area contributed by atoms with Gasteiger partial charge in [-0.2, -0.15) is 5.10 Å². The van der Waals surface area contributed by atoms with E-state index in [1.54, 1.807) is 0 Å². The second kappa shape index (κ2) is 9.85. The Morgan fingerprint density at radius 2 is 1.92 bits per heavy atom. The summed E-state index contributed by atoms with van der Waals surface area (Å²) in [5.41, 5.74) is 0.969. The molecule has 0 spiro atoms. The number of carbonyl (C=O) groups excluding carboxylic acids is 1. The summed E-state index contributed by atoms with van der Waals surface area (Å²) in [6.45, 7) is 5.70. The Labute approximate surface area is 147 Å². The predicted octanol–water partition coefficient (Wildman–Crippen LogP) is 1.44. The zero-order valence-corrected chi connectivity index (χ0v) is 14.7. The minimum atomic E-state index is -0.281. The number of hydrogen-bond acceptors (Lipinski definition) is 4. The number of halogens is 1. The molecule has 0 bridgehead atoms. The summed E-state index contributed by atoms with van der Waals surface area (Å²) < 4.78 is 1.30. The number of aromatic nitrogens is 2. The molecule has 0 saturated carbocycles. The maximum absolute atomic E-state index is 12.2. The largest absolute Gasteiger partial charge is 0.349 e. The van der Waals surface area contributed by atoms with Gasteiger partial charge in [0, 0.05) is 18.7 Å². The molecule has 0 unspecified atom stereocenters. The normalized spacial score (nSPS) is 11.4. The van der Waals surface area contributed by atoms with E-state index >= 15 is 0 Å². The Morgan fingerprint density at radius 3 is 2.58 bits per heavy atom. The van der Waals surface area contributed by atoms with Crippen LogP contribution >= 0.6 is 12.4 Å². The summed E-state index contributed by atoms with van der Waals surface area (Å²) in [5.74, 6) is -0.281. The maximum Gasteiger partial charge on any atom is 0.271 e. The Morgan fingerprint density at radius 1 is 1.21 bits per heavy atom. The number of rotatable bonds is 7. The number of hydrogen-bond donors (Lipinski definition) is 2. The molecule has 0 aliphatic rings. The van der Waals surface area contributed by atoms with Crippen LogP contribution in [0.3, 0.4) is 0 Å². The molecule has 1 aromatic carbocycles. The van der Waals surface area contributed by atoms with Crippen LogP contribution in [0.5, 0.6) is 0 Å². The molecule has 0 aliphatic carbocycles. The molecule has 6 nitrogen and oxygen atoms in total. The third kappa shape index (κ3) is 5.79. The number of nitrogens with one attached hydrogen (secondary N) is 2. The van der Waals surface area contributed by atoms with Gasteiger partial charge in [0.05, 0.1) is 6.54 Å². The molecule has 130 valence electrons. The van der Waals surface area contributed by atoms with Crippen molar-refractivity contribution >= 4 is 18.3 Å². The van der Waals surface area contributed by atoms with E-state index in [1.165, 1.54) is 16.8 Å². The first kappa shape index (κ1) is 19.9. The van der Waals surface area contributed by atoms with E-state index in [9.17, 15) is 9.59 Å². The van der Waals surface area contributed by atoms with Gasteiger partial charge in [-0.15, -0.1) is 12.4 Å². The summed E-state index contributed by atoms with van der Waals surface area (Å²) in [7, 11) is 0. The molecule has 2 aromatic rings. The van der Waals surface area contributed by atoms with Crippen LogP contribution in [0.1, 0.15) is 29.9 Å². The summed E-state index contributed by atoms with van der Waals surface area (Å²) in [6, 6.07) is 12.6. The third-order valence-corrected chi connectivity index (χ3v) is 3.40. The monoisotopic (exact) mass is 350 g/mol. The first-order chi connectivity index (χ1) is 11.1. The molecule has 7 heteroatoms. The lowest BCUT2D eigenvalue weighted by Gasteiger charge is -2.13. The van der Waals surface area contributed by atoms with Crippen LogP contribution in [0.15, 0.2) is 47.3 Å². The summed E-state index contributed by atoms with van der Waals surface area (Å²) >= 11 is 0. The quantitative estimate of drug-likeness (QED) is 0.792. The van der Waals surface area contributed by atoms with Gasteiger partial charge in [-0.25, -0.2) is 4.68 Å². The molecule has 2 rings (SSSR count). The van der Waals surface area contributed by atoms with E-state index < -0.39 is 0 Å². The molecule has 1 heterocycles. The van der Waals surface area contributed by atoms with Gasteiger partial charge in [0.2, 0.25) is 0 Å². The number of nitrogens with zero attached hydrogens (tertiary/aromatic N) is 2. The lowest BCUT2D eigenvalue weighted by Crippen LogP contribution is -2.39. The summed E-state index contributed by atoms with van der Waals surface area (Å²) in [4.78, 5) is 24.1. The summed E-state index contributed by atoms with van der Waals surface area (Å²) in [5, 5.41) is 10.2. The molecule has 24 heavy (non-hydrogen) atoms. The topological polar surface area (TPSA) is 76.0 Å². The first-order valence-electron chi connectivity index (χ1n) is 7.74. The third-order valence-electron chi connectivity index (χ3n) is 3.40. The fraction of sp³-hybridized carbons (Fsp3) is 0.353. The SMILES string of the molecule is CCN[C@H](C)CNC(=O)c1ccc(=O)n(Cc2ccccc2)n1.Cl. The Hall–Kier alpha value is -2.18. The van der Waals surface area contributed by atoms with Crippen molar-refractivity contribution in [2.24, 2.45) is 0 Å². The highest BCUT2D eigenvalue weighted by Crippen LogP contribution is 2.00. The molecule has 1 atom stereocenters. The molecule has 1 amide bonds. The highest BCUT2D eigenvalue weighted by atomic mass is 35.5. The zero-order valence-electron chi connectivity index (χ0n) is 13.9. The van der Waals surface area contributed by atoms with Gasteiger partial charge >= 0.3 is 0 Å². The molecule has 0 radical (unpaired) electrons. The van der Waals surface area contributed by atoms with E-state index in [1.807, 2.05) is 44.2 Å². The minimum absolute atomic E-state index is 0. The molecule has 0 fully saturated rings. The second-order valence-corrected chi connectivity index (χ2v) is 5.37. The molecule has 2 N–H and O–H groups in total. The van der Waals surface area contributed by atoms with Crippen molar-refractivity contribution in [3.8, 4) is 0 Å². The van der Waals surface area contributed by atoms with Crippen molar-refractivity contribution < 1.29 is 4.79 Å². The molecule has 0 aliphatic heterocycles. The van der Waals surface area contributed by atoms with Gasteiger partial charge in [0.15, 0.2) is 0 Å².